The van der Waals surface area contributed by atoms with Crippen LogP contribution in [0.15, 0.2) is 0 Å². The number of nitrogens with zero attached hydrogens (tertiary/aromatic N) is 2. The summed E-state index contributed by atoms with van der Waals surface area (Å²) < 4.78 is 5.75. The van der Waals surface area contributed by atoms with Gasteiger partial charge in [0.15, 0.2) is 0 Å². The van der Waals surface area contributed by atoms with Crippen LogP contribution in [0.2, 0.25) is 0 Å². The maximum Gasteiger partial charge on any atom is 1.00 e. The van der Waals surface area contributed by atoms with Crippen molar-refractivity contribution in [2.45, 2.75) is 13.8 Å². The molecule has 4 nitrogen and oxygen atoms in total. The Labute approximate surface area is 137 Å². The first-order valence-electron chi connectivity index (χ1n) is 5.40. The van der Waals surface area contributed by atoms with Crippen LogP contribution in [0, 0.1) is 5.92 Å². The van der Waals surface area contributed by atoms with Crippen molar-refractivity contribution in [2.75, 3.05) is 32.8 Å². The Kier molecular flexibility index (Phi) is 8.84. The van der Waals surface area contributed by atoms with Gasteiger partial charge in [-0.3, -0.25) is 0 Å². The number of carbonyl (C=O) groups is 1. The topological polar surface area (TPSA) is 32.8 Å². The molecule has 0 aromatic heterocycles. The van der Waals surface area contributed by atoms with E-state index < -0.39 is 0 Å². The number of hydrogen-bond donors (Lipinski definition) is 1. The summed E-state index contributed by atoms with van der Waals surface area (Å²) in [5.41, 5.74) is 0. The largest absolute Gasteiger partial charge is 1.00 e. The van der Waals surface area contributed by atoms with Crippen molar-refractivity contribution in [3.8, 4) is 0 Å². The van der Waals surface area contributed by atoms with E-state index in [2.05, 4.69) is 12.6 Å². The second-order valence-corrected chi connectivity index (χ2v) is 5.34. The van der Waals surface area contributed by atoms with Crippen molar-refractivity contribution in [3.05, 3.63) is 0 Å². The third-order valence-corrected chi connectivity index (χ3v) is 2.89. The summed E-state index contributed by atoms with van der Waals surface area (Å²) >= 11 is 9.07. The summed E-state index contributed by atoms with van der Waals surface area (Å²) in [5, 5.41) is 0. The zero-order valence-electron chi connectivity index (χ0n) is 11.7. The van der Waals surface area contributed by atoms with Crippen molar-refractivity contribution in [1.29, 1.82) is 0 Å². The third kappa shape index (κ3) is 6.29. The van der Waals surface area contributed by atoms with Crippen LogP contribution < -0.4 is 29.6 Å². The average Bonchev–Trinajstić information content (AvgIpc) is 2.26. The smallest absolute Gasteiger partial charge is 1.00 e. The number of hydrogen-bond acceptors (Lipinski definition) is 3. The Balaban J connectivity index is 0. The Bertz CT molecular complexity index is 275. The molecule has 0 N–H and O–H groups in total. The molecule has 0 aliphatic carbocycles. The van der Waals surface area contributed by atoms with E-state index in [9.17, 15) is 4.79 Å². The number of piperazine rings is 1. The second-order valence-electron chi connectivity index (χ2n) is 4.23. The summed E-state index contributed by atoms with van der Waals surface area (Å²) in [4.78, 5) is 15.3. The van der Waals surface area contributed by atoms with Gasteiger partial charge in [-0.1, -0.05) is 26.1 Å². The van der Waals surface area contributed by atoms with Crippen LogP contribution in [-0.2, 0) is 4.74 Å². The normalized spacial score (nSPS) is 15.5. The molecular weight excluding hydrogens is 267 g/mol. The van der Waals surface area contributed by atoms with Gasteiger partial charge in [0.25, 0.3) is 0 Å². The van der Waals surface area contributed by atoms with Gasteiger partial charge >= 0.3 is 35.7 Å². The average molecular weight is 286 g/mol. The molecule has 1 aliphatic rings. The van der Waals surface area contributed by atoms with E-state index in [1.165, 1.54) is 0 Å². The fourth-order valence-corrected chi connectivity index (χ4v) is 1.79. The Morgan fingerprint density at radius 1 is 1.35 bits per heavy atom. The quantitative estimate of drug-likeness (QED) is 0.390. The molecular formula is C10H19N2NaO2S2. The van der Waals surface area contributed by atoms with Gasteiger partial charge in [0, 0.05) is 26.2 Å². The number of amides is 1. The first-order chi connectivity index (χ1) is 7.50. The minimum atomic E-state index is -0.224. The predicted molar refractivity (Wildman–Crippen MR) is 72.0 cm³/mol. The molecule has 17 heavy (non-hydrogen) atoms. The van der Waals surface area contributed by atoms with E-state index in [0.29, 0.717) is 29.9 Å². The molecule has 1 amide bonds. The van der Waals surface area contributed by atoms with Crippen molar-refractivity contribution < 1.29 is 40.5 Å². The van der Waals surface area contributed by atoms with E-state index >= 15 is 0 Å². The van der Waals surface area contributed by atoms with Crippen LogP contribution in [0.3, 0.4) is 0 Å². The van der Waals surface area contributed by atoms with E-state index in [1.807, 2.05) is 18.7 Å². The summed E-state index contributed by atoms with van der Waals surface area (Å²) in [5.74, 6) is 0.371. The Morgan fingerprint density at radius 3 is 2.24 bits per heavy atom. The van der Waals surface area contributed by atoms with E-state index in [1.54, 1.807) is 4.90 Å². The number of carbonyl (C=O) groups excluding carboxylic acids is 1. The van der Waals surface area contributed by atoms with Crippen molar-refractivity contribution in [3.63, 3.8) is 0 Å². The van der Waals surface area contributed by atoms with Gasteiger partial charge < -0.3 is 16.0 Å². The van der Waals surface area contributed by atoms with Gasteiger partial charge in [-0.15, -0.1) is 12.6 Å². The molecule has 94 valence electrons. The third-order valence-electron chi connectivity index (χ3n) is 2.35. The number of thiol groups is 1. The van der Waals surface area contributed by atoms with E-state index in [0.717, 1.165) is 13.1 Å². The minimum Gasteiger partial charge on any atom is -1.00 e. The monoisotopic (exact) mass is 286 g/mol. The van der Waals surface area contributed by atoms with E-state index in [-0.39, 0.29) is 37.1 Å². The SMILES string of the molecule is CC(C)COC(=O)N1CCN(C(=S)S)CC1.[H-].[Na+]. The number of ether oxygens (including phenoxy) is 1. The van der Waals surface area contributed by atoms with Crippen LogP contribution in [0.5, 0.6) is 0 Å². The van der Waals surface area contributed by atoms with Crippen LogP contribution in [-0.4, -0.2) is 53.0 Å². The molecule has 0 saturated carbocycles. The summed E-state index contributed by atoms with van der Waals surface area (Å²) in [6.45, 7) is 7.28. The second kappa shape index (κ2) is 8.58. The summed E-state index contributed by atoms with van der Waals surface area (Å²) in [6, 6.07) is 0. The molecule has 0 atom stereocenters. The Morgan fingerprint density at radius 2 is 1.82 bits per heavy atom. The predicted octanol–water partition coefficient (Wildman–Crippen LogP) is -1.27. The minimum absolute atomic E-state index is 0. The van der Waals surface area contributed by atoms with Gasteiger partial charge in [-0.25, -0.2) is 4.79 Å². The van der Waals surface area contributed by atoms with E-state index in [4.69, 9.17) is 17.0 Å². The molecule has 0 bridgehead atoms. The van der Waals surface area contributed by atoms with Crippen LogP contribution >= 0.6 is 24.8 Å². The molecule has 1 fully saturated rings. The van der Waals surface area contributed by atoms with Gasteiger partial charge in [-0.05, 0) is 5.92 Å². The van der Waals surface area contributed by atoms with Gasteiger partial charge in [-0.2, -0.15) is 0 Å². The van der Waals surface area contributed by atoms with Gasteiger partial charge in [0.2, 0.25) is 0 Å². The zero-order chi connectivity index (χ0) is 12.1. The van der Waals surface area contributed by atoms with Crippen LogP contribution in [0.1, 0.15) is 15.3 Å². The molecule has 0 aromatic carbocycles. The molecule has 1 rings (SSSR count). The zero-order valence-corrected chi connectivity index (χ0v) is 14.4. The molecule has 0 radical (unpaired) electrons. The summed E-state index contributed by atoms with van der Waals surface area (Å²) in [7, 11) is 0. The van der Waals surface area contributed by atoms with Crippen LogP contribution in [0.25, 0.3) is 0 Å². The van der Waals surface area contributed by atoms with Crippen molar-refractivity contribution in [2.24, 2.45) is 5.92 Å². The first kappa shape index (κ1) is 17.5. The molecule has 7 heteroatoms. The van der Waals surface area contributed by atoms with Crippen molar-refractivity contribution in [1.82, 2.24) is 9.80 Å². The molecule has 1 aliphatic heterocycles. The maximum absolute atomic E-state index is 11.6. The fourth-order valence-electron chi connectivity index (χ4n) is 1.41. The molecule has 0 aromatic rings. The number of rotatable bonds is 2. The first-order valence-corrected chi connectivity index (χ1v) is 6.26. The fraction of sp³-hybridized carbons (Fsp3) is 0.800. The number of thiocarbonyl (C=S) groups is 1. The van der Waals surface area contributed by atoms with Gasteiger partial charge in [0.1, 0.15) is 4.32 Å². The molecule has 0 unspecified atom stereocenters. The Hall–Kier alpha value is 0.510. The summed E-state index contributed by atoms with van der Waals surface area (Å²) in [6.07, 6.45) is -0.224. The maximum atomic E-state index is 11.6. The molecule has 1 heterocycles. The molecule has 1 saturated heterocycles. The molecule has 0 spiro atoms. The van der Waals surface area contributed by atoms with Gasteiger partial charge in [0.05, 0.1) is 6.61 Å². The standard InChI is InChI=1S/C10H18N2O2S2.Na.H/c1-8(2)7-14-9(13)11-3-5-12(6-4-11)10(15)16;;/h8H,3-7H2,1-2H3,(H,15,16);;/q;+1;-1. The van der Waals surface area contributed by atoms with Crippen molar-refractivity contribution >= 4 is 35.3 Å². The van der Waals surface area contributed by atoms with Crippen LogP contribution in [0.4, 0.5) is 4.79 Å².